The van der Waals surface area contributed by atoms with Crippen LogP contribution < -0.4 is 4.74 Å². The molecule has 1 heterocycles. The average molecular weight is 497 g/mol. The molecule has 0 spiro atoms. The minimum Gasteiger partial charge on any atom is -0.475 e. The summed E-state index contributed by atoms with van der Waals surface area (Å²) in [5.41, 5.74) is 0.958. The topological polar surface area (TPSA) is 156 Å². The number of aromatic nitrogens is 2. The van der Waals surface area contributed by atoms with Crippen LogP contribution in [0.1, 0.15) is 79.2 Å². The Kier molecular flexibility index (Phi) is 24.9. The van der Waals surface area contributed by atoms with Crippen LogP contribution in [0.15, 0.2) is 6.07 Å². The van der Waals surface area contributed by atoms with Crippen LogP contribution in [0.3, 0.4) is 0 Å². The van der Waals surface area contributed by atoms with E-state index in [0.717, 1.165) is 11.5 Å². The molecule has 0 aliphatic carbocycles. The van der Waals surface area contributed by atoms with Crippen molar-refractivity contribution in [1.29, 1.82) is 0 Å². The van der Waals surface area contributed by atoms with Crippen LogP contribution in [0, 0.1) is 6.92 Å². The van der Waals surface area contributed by atoms with Crippen LogP contribution in [-0.2, 0) is 23.6 Å². The Hall–Kier alpha value is -0.0600. The van der Waals surface area contributed by atoms with Crippen molar-refractivity contribution >= 4 is 37.1 Å². The molecule has 1 aromatic rings. The molecule has 0 saturated carbocycles. The van der Waals surface area contributed by atoms with Crippen molar-refractivity contribution in [3.8, 4) is 5.88 Å². The summed E-state index contributed by atoms with van der Waals surface area (Å²) in [6.07, 6.45) is 1.41. The maximum atomic E-state index is 7.56. The molecule has 29 heavy (non-hydrogen) atoms. The molecule has 0 fully saturated rings. The molecule has 176 valence electrons. The minimum atomic E-state index is -3.81. The van der Waals surface area contributed by atoms with Gasteiger partial charge in [-0.25, -0.2) is 4.98 Å². The van der Waals surface area contributed by atoms with Gasteiger partial charge in [0.25, 0.3) is 0 Å². The first kappa shape index (κ1) is 36.3. The second-order valence-corrected chi connectivity index (χ2v) is 10.8. The number of rotatable bonds is 3. The summed E-state index contributed by atoms with van der Waals surface area (Å²) in [4.78, 5) is 54.0. The van der Waals surface area contributed by atoms with Gasteiger partial charge in [0.2, 0.25) is 5.88 Å². The number of ether oxygens (including phenoxy) is 1. The summed E-state index contributed by atoms with van der Waals surface area (Å²) in [5, 5.41) is 0. The molecule has 0 saturated heterocycles. The lowest BCUT2D eigenvalue weighted by atomic mass is 10.2. The second kappa shape index (κ2) is 19.9. The molecule has 0 aliphatic heterocycles. The molecule has 0 radical (unpaired) electrons. The number of hydrogen-bond acceptors (Lipinski definition) is 5. The van der Waals surface area contributed by atoms with E-state index in [2.05, 4.69) is 61.3 Å². The van der Waals surface area contributed by atoms with Crippen molar-refractivity contribution < 1.29 is 34.1 Å². The predicted octanol–water partition coefficient (Wildman–Crippen LogP) is 3.51. The van der Waals surface area contributed by atoms with Crippen LogP contribution in [0.25, 0.3) is 0 Å². The van der Waals surface area contributed by atoms with E-state index in [4.69, 9.17) is 34.1 Å². The standard InChI is InChI=1S/C11H18N2O.C3H8.C2H6.2H3O3PS/c1-7(2)11-12-9(5)6-10(13-11)14-8(3)4;1-3-2;1-2;2*1-4(2,3)5/h6-8H,1-5H3;3H2,1-2H3;1-2H3;2*(H3,1,2,3,5). The third kappa shape index (κ3) is 47.3. The van der Waals surface area contributed by atoms with Crippen molar-refractivity contribution in [2.75, 3.05) is 0 Å². The van der Waals surface area contributed by atoms with E-state index in [0.29, 0.717) is 11.8 Å². The van der Waals surface area contributed by atoms with Crippen LogP contribution >= 0.6 is 13.4 Å². The van der Waals surface area contributed by atoms with E-state index in [-0.39, 0.29) is 6.10 Å². The van der Waals surface area contributed by atoms with Crippen molar-refractivity contribution in [2.45, 2.75) is 80.8 Å². The molecule has 13 heteroatoms. The number of aryl methyl sites for hydroxylation is 1. The molecule has 0 amide bonds. The smallest absolute Gasteiger partial charge is 0.319 e. The van der Waals surface area contributed by atoms with E-state index >= 15 is 0 Å². The third-order valence-corrected chi connectivity index (χ3v) is 1.72. The van der Waals surface area contributed by atoms with Gasteiger partial charge in [0.05, 0.1) is 6.10 Å². The SMILES string of the molecule is CC.CCC.Cc1cc(OC(C)C)nc(C(C)C)n1.OP(O)(O)=S.OP(O)(O)=S. The van der Waals surface area contributed by atoms with Crippen LogP contribution in [0.2, 0.25) is 0 Å². The van der Waals surface area contributed by atoms with Crippen LogP contribution in [0.4, 0.5) is 0 Å². The fourth-order valence-corrected chi connectivity index (χ4v) is 1.12. The van der Waals surface area contributed by atoms with Crippen molar-refractivity contribution in [3.63, 3.8) is 0 Å². The van der Waals surface area contributed by atoms with Crippen LogP contribution in [-0.4, -0.2) is 45.4 Å². The first-order valence-electron chi connectivity index (χ1n) is 8.99. The fraction of sp³-hybridized carbons (Fsp3) is 0.750. The van der Waals surface area contributed by atoms with Crippen molar-refractivity contribution in [2.24, 2.45) is 0 Å². The first-order chi connectivity index (χ1) is 12.9. The normalized spacial score (nSPS) is 10.2. The zero-order valence-corrected chi connectivity index (χ0v) is 22.1. The first-order valence-corrected chi connectivity index (χ1v) is 14.3. The highest BCUT2D eigenvalue weighted by Crippen LogP contribution is 2.27. The highest BCUT2D eigenvalue weighted by molar-refractivity contribution is 8.06. The van der Waals surface area contributed by atoms with Gasteiger partial charge < -0.3 is 34.1 Å². The van der Waals surface area contributed by atoms with E-state index in [1.54, 1.807) is 0 Å². The molecular formula is C16H38N2O7P2S2. The monoisotopic (exact) mass is 496 g/mol. The molecule has 6 N–H and O–H groups in total. The highest BCUT2D eigenvalue weighted by atomic mass is 32.5. The summed E-state index contributed by atoms with van der Waals surface area (Å²) in [6, 6.07) is 1.87. The lowest BCUT2D eigenvalue weighted by molar-refractivity contribution is 0.231. The fourth-order valence-electron chi connectivity index (χ4n) is 1.12. The van der Waals surface area contributed by atoms with Gasteiger partial charge in [0.1, 0.15) is 5.82 Å². The van der Waals surface area contributed by atoms with Gasteiger partial charge in [-0.15, -0.1) is 0 Å². The number of hydrogen-bond donors (Lipinski definition) is 6. The van der Waals surface area contributed by atoms with Gasteiger partial charge in [-0.3, -0.25) is 0 Å². The van der Waals surface area contributed by atoms with E-state index in [9.17, 15) is 0 Å². The summed E-state index contributed by atoms with van der Waals surface area (Å²) < 4.78 is 5.53. The predicted molar refractivity (Wildman–Crippen MR) is 126 cm³/mol. The molecule has 1 rings (SSSR count). The molecule has 1 aromatic heterocycles. The Morgan fingerprint density at radius 3 is 1.45 bits per heavy atom. The Bertz CT molecular complexity index is 572. The number of nitrogens with zero attached hydrogens (tertiary/aromatic N) is 2. The van der Waals surface area contributed by atoms with Crippen LogP contribution in [0.5, 0.6) is 5.88 Å². The van der Waals surface area contributed by atoms with Crippen molar-refractivity contribution in [1.82, 2.24) is 9.97 Å². The van der Waals surface area contributed by atoms with E-state index < -0.39 is 13.4 Å². The van der Waals surface area contributed by atoms with Gasteiger partial charge >= 0.3 is 13.4 Å². The Morgan fingerprint density at radius 1 is 0.897 bits per heavy atom. The average Bonchev–Trinajstić information content (AvgIpc) is 2.45. The van der Waals surface area contributed by atoms with Gasteiger partial charge in [0, 0.05) is 17.7 Å². The summed E-state index contributed by atoms with van der Waals surface area (Å²) in [5.74, 6) is 1.86. The molecule has 0 bridgehead atoms. The zero-order chi connectivity index (χ0) is 24.4. The van der Waals surface area contributed by atoms with E-state index in [1.165, 1.54) is 6.42 Å². The van der Waals surface area contributed by atoms with E-state index in [1.807, 2.05) is 40.7 Å². The van der Waals surface area contributed by atoms with Gasteiger partial charge in [0.15, 0.2) is 0 Å². The Balaban J connectivity index is -0.000000173. The maximum Gasteiger partial charge on any atom is 0.319 e. The highest BCUT2D eigenvalue weighted by Gasteiger charge is 2.07. The molecule has 9 nitrogen and oxygen atoms in total. The Labute approximate surface area is 185 Å². The maximum absolute atomic E-state index is 7.56. The minimum absolute atomic E-state index is 0.157. The summed E-state index contributed by atoms with van der Waals surface area (Å²) in [6.45, 7) is 10.7. The third-order valence-electron chi connectivity index (χ3n) is 1.72. The molecule has 0 aliphatic rings. The Morgan fingerprint density at radius 2 is 1.21 bits per heavy atom. The molecule has 0 atom stereocenters. The van der Waals surface area contributed by atoms with Crippen molar-refractivity contribution in [3.05, 3.63) is 17.6 Å². The lowest BCUT2D eigenvalue weighted by Gasteiger charge is -2.11. The summed E-state index contributed by atoms with van der Waals surface area (Å²) in [7, 11) is 0. The van der Waals surface area contributed by atoms with Gasteiger partial charge in [-0.2, -0.15) is 4.98 Å². The van der Waals surface area contributed by atoms with Gasteiger partial charge in [-0.1, -0.05) is 48.0 Å². The quantitative estimate of drug-likeness (QED) is 0.340. The summed E-state index contributed by atoms with van der Waals surface area (Å²) >= 11 is 7.21. The largest absolute Gasteiger partial charge is 0.475 e. The molecule has 0 unspecified atom stereocenters. The second-order valence-electron chi connectivity index (χ2n) is 5.76. The molecular weight excluding hydrogens is 458 g/mol. The molecule has 0 aromatic carbocycles. The van der Waals surface area contributed by atoms with Gasteiger partial charge in [-0.05, 0) is 44.4 Å². The zero-order valence-electron chi connectivity index (χ0n) is 18.6. The lowest BCUT2D eigenvalue weighted by Crippen LogP contribution is -2.09.